The van der Waals surface area contributed by atoms with Crippen molar-refractivity contribution in [1.82, 2.24) is 24.1 Å². The molecule has 0 radical (unpaired) electrons. The molecule has 0 aliphatic carbocycles. The molecule has 6 heteroatoms. The third-order valence-corrected chi connectivity index (χ3v) is 5.92. The molecular formula is C22H27N5S. The van der Waals surface area contributed by atoms with E-state index in [1.54, 1.807) is 0 Å². The Balaban J connectivity index is 1.38. The SMILES string of the molecule is C=CCn1c(C)nn(CN2CCN(Cc3cccc4ccccc34)CC2)c1=S. The van der Waals surface area contributed by atoms with Crippen molar-refractivity contribution in [2.24, 2.45) is 0 Å². The van der Waals surface area contributed by atoms with E-state index in [1.165, 1.54) is 16.3 Å². The van der Waals surface area contributed by atoms with Crippen molar-refractivity contribution in [1.29, 1.82) is 0 Å². The number of benzene rings is 2. The van der Waals surface area contributed by atoms with Gasteiger partial charge in [-0.15, -0.1) is 6.58 Å². The minimum Gasteiger partial charge on any atom is -0.300 e. The van der Waals surface area contributed by atoms with E-state index in [9.17, 15) is 0 Å². The van der Waals surface area contributed by atoms with Crippen molar-refractivity contribution < 1.29 is 0 Å². The molecule has 1 aromatic heterocycles. The minimum atomic E-state index is 0.712. The van der Waals surface area contributed by atoms with E-state index in [4.69, 9.17) is 12.2 Å². The summed E-state index contributed by atoms with van der Waals surface area (Å²) in [6, 6.07) is 15.3. The zero-order chi connectivity index (χ0) is 19.5. The topological polar surface area (TPSA) is 29.2 Å². The highest BCUT2D eigenvalue weighted by atomic mass is 32.1. The molecule has 1 aliphatic heterocycles. The van der Waals surface area contributed by atoms with Crippen LogP contribution in [0.1, 0.15) is 11.4 Å². The Hall–Kier alpha value is -2.28. The van der Waals surface area contributed by atoms with Crippen LogP contribution in [-0.4, -0.2) is 50.3 Å². The number of aryl methyl sites for hydroxylation is 1. The third kappa shape index (κ3) is 3.94. The molecule has 5 nitrogen and oxygen atoms in total. The summed E-state index contributed by atoms with van der Waals surface area (Å²) in [5, 5.41) is 7.30. The molecule has 2 heterocycles. The number of hydrogen-bond donors (Lipinski definition) is 0. The molecule has 1 saturated heterocycles. The summed E-state index contributed by atoms with van der Waals surface area (Å²) in [6.07, 6.45) is 1.86. The van der Waals surface area contributed by atoms with Gasteiger partial charge in [-0.05, 0) is 35.5 Å². The minimum absolute atomic E-state index is 0.712. The second kappa shape index (κ2) is 8.39. The standard InChI is InChI=1S/C22H27N5S/c1-3-11-26-18(2)23-27(22(26)28)17-25-14-12-24(13-15-25)16-20-9-6-8-19-7-4-5-10-21(19)20/h3-10H,1,11-17H2,2H3. The lowest BCUT2D eigenvalue weighted by Crippen LogP contribution is -2.46. The quantitative estimate of drug-likeness (QED) is 0.470. The fraction of sp³-hybridized carbons (Fsp3) is 0.364. The molecule has 0 atom stereocenters. The average molecular weight is 394 g/mol. The van der Waals surface area contributed by atoms with E-state index in [0.29, 0.717) is 6.54 Å². The van der Waals surface area contributed by atoms with Gasteiger partial charge in [0.2, 0.25) is 0 Å². The van der Waals surface area contributed by atoms with Crippen molar-refractivity contribution in [2.75, 3.05) is 26.2 Å². The zero-order valence-corrected chi connectivity index (χ0v) is 17.2. The van der Waals surface area contributed by atoms with Crippen LogP contribution in [0.5, 0.6) is 0 Å². The van der Waals surface area contributed by atoms with E-state index < -0.39 is 0 Å². The van der Waals surface area contributed by atoms with Crippen LogP contribution in [0.4, 0.5) is 0 Å². The number of allylic oxidation sites excluding steroid dienone is 1. The normalized spacial score (nSPS) is 15.9. The van der Waals surface area contributed by atoms with Crippen LogP contribution >= 0.6 is 12.2 Å². The Morgan fingerprint density at radius 2 is 1.75 bits per heavy atom. The van der Waals surface area contributed by atoms with Crippen LogP contribution in [0.15, 0.2) is 55.1 Å². The maximum Gasteiger partial charge on any atom is 0.199 e. The van der Waals surface area contributed by atoms with Crippen LogP contribution in [-0.2, 0) is 19.8 Å². The molecule has 0 unspecified atom stereocenters. The van der Waals surface area contributed by atoms with Gasteiger partial charge in [0.25, 0.3) is 0 Å². The molecule has 0 bridgehead atoms. The molecule has 2 aromatic carbocycles. The predicted octanol–water partition coefficient (Wildman–Crippen LogP) is 3.84. The van der Waals surface area contributed by atoms with E-state index in [2.05, 4.69) is 63.9 Å². The fourth-order valence-electron chi connectivity index (χ4n) is 3.93. The number of piperazine rings is 1. The maximum atomic E-state index is 5.58. The Labute approximate surface area is 171 Å². The number of nitrogens with zero attached hydrogens (tertiary/aromatic N) is 5. The molecule has 146 valence electrons. The lowest BCUT2D eigenvalue weighted by Gasteiger charge is -2.34. The highest BCUT2D eigenvalue weighted by Crippen LogP contribution is 2.20. The number of rotatable bonds is 6. The highest BCUT2D eigenvalue weighted by molar-refractivity contribution is 7.71. The fourth-order valence-corrected chi connectivity index (χ4v) is 4.24. The largest absolute Gasteiger partial charge is 0.300 e. The van der Waals surface area contributed by atoms with Crippen LogP contribution in [0.3, 0.4) is 0 Å². The molecule has 0 saturated carbocycles. The van der Waals surface area contributed by atoms with Gasteiger partial charge in [-0.25, -0.2) is 4.68 Å². The summed E-state index contributed by atoms with van der Waals surface area (Å²) in [5.41, 5.74) is 1.41. The lowest BCUT2D eigenvalue weighted by atomic mass is 10.0. The van der Waals surface area contributed by atoms with Crippen LogP contribution in [0, 0.1) is 11.7 Å². The van der Waals surface area contributed by atoms with E-state index in [0.717, 1.165) is 50.0 Å². The van der Waals surface area contributed by atoms with Crippen LogP contribution < -0.4 is 0 Å². The van der Waals surface area contributed by atoms with Crippen molar-refractivity contribution in [3.05, 3.63) is 71.3 Å². The maximum absolute atomic E-state index is 5.58. The molecule has 1 fully saturated rings. The van der Waals surface area contributed by atoms with Gasteiger partial charge < -0.3 is 4.57 Å². The molecule has 3 aromatic rings. The van der Waals surface area contributed by atoms with Gasteiger partial charge in [0.05, 0.1) is 6.67 Å². The molecule has 0 spiro atoms. The monoisotopic (exact) mass is 393 g/mol. The molecule has 4 rings (SSSR count). The first-order valence-corrected chi connectivity index (χ1v) is 10.2. The lowest BCUT2D eigenvalue weighted by molar-refractivity contribution is 0.0982. The first-order valence-electron chi connectivity index (χ1n) is 9.82. The number of hydrogen-bond acceptors (Lipinski definition) is 4. The van der Waals surface area contributed by atoms with Gasteiger partial charge >= 0.3 is 0 Å². The van der Waals surface area contributed by atoms with Crippen LogP contribution in [0.25, 0.3) is 10.8 Å². The Morgan fingerprint density at radius 1 is 1.04 bits per heavy atom. The molecule has 0 N–H and O–H groups in total. The first-order chi connectivity index (χ1) is 13.7. The number of aromatic nitrogens is 3. The summed E-state index contributed by atoms with van der Waals surface area (Å²) < 4.78 is 4.74. The van der Waals surface area contributed by atoms with Crippen molar-refractivity contribution >= 4 is 23.0 Å². The van der Waals surface area contributed by atoms with E-state index >= 15 is 0 Å². The second-order valence-electron chi connectivity index (χ2n) is 7.40. The van der Waals surface area contributed by atoms with Gasteiger partial charge in [-0.1, -0.05) is 48.5 Å². The summed E-state index contributed by atoms with van der Waals surface area (Å²) in [4.78, 5) is 4.97. The third-order valence-electron chi connectivity index (χ3n) is 5.49. The van der Waals surface area contributed by atoms with Gasteiger partial charge in [0.15, 0.2) is 4.77 Å². The average Bonchev–Trinajstić information content (AvgIpc) is 2.97. The zero-order valence-electron chi connectivity index (χ0n) is 16.4. The van der Waals surface area contributed by atoms with E-state index in [1.807, 2.05) is 22.2 Å². The molecule has 0 amide bonds. The summed E-state index contributed by atoms with van der Waals surface area (Å²) >= 11 is 5.58. The van der Waals surface area contributed by atoms with Crippen molar-refractivity contribution in [2.45, 2.75) is 26.7 Å². The number of fused-ring (bicyclic) bond motifs is 1. The van der Waals surface area contributed by atoms with Gasteiger partial charge in [-0.2, -0.15) is 5.10 Å². The van der Waals surface area contributed by atoms with Crippen LogP contribution in [0.2, 0.25) is 0 Å². The highest BCUT2D eigenvalue weighted by Gasteiger charge is 2.19. The van der Waals surface area contributed by atoms with Crippen molar-refractivity contribution in [3.63, 3.8) is 0 Å². The summed E-state index contributed by atoms with van der Waals surface area (Å²) in [7, 11) is 0. The molecule has 28 heavy (non-hydrogen) atoms. The van der Waals surface area contributed by atoms with Gasteiger partial charge in [0.1, 0.15) is 5.82 Å². The predicted molar refractivity (Wildman–Crippen MR) is 117 cm³/mol. The second-order valence-corrected chi connectivity index (χ2v) is 7.77. The van der Waals surface area contributed by atoms with Crippen molar-refractivity contribution in [3.8, 4) is 0 Å². The Kier molecular flexibility index (Phi) is 5.71. The van der Waals surface area contributed by atoms with E-state index in [-0.39, 0.29) is 0 Å². The van der Waals surface area contributed by atoms with Gasteiger partial charge in [-0.3, -0.25) is 9.80 Å². The summed E-state index contributed by atoms with van der Waals surface area (Å²) in [6.45, 7) is 12.4. The van der Waals surface area contributed by atoms with Gasteiger partial charge in [0, 0.05) is 39.3 Å². The molecular weight excluding hydrogens is 366 g/mol. The Morgan fingerprint density at radius 3 is 2.54 bits per heavy atom. The summed E-state index contributed by atoms with van der Waals surface area (Å²) in [5.74, 6) is 0.944. The Bertz CT molecular complexity index is 1020. The molecule has 1 aliphatic rings. The first kappa shape index (κ1) is 19.1. The smallest absolute Gasteiger partial charge is 0.199 e.